The van der Waals surface area contributed by atoms with Crippen molar-refractivity contribution >= 4 is 24.0 Å². The summed E-state index contributed by atoms with van der Waals surface area (Å²) in [5.74, 6) is 0.0907. The van der Waals surface area contributed by atoms with Crippen LogP contribution in [0.4, 0.5) is 5.69 Å². The first kappa shape index (κ1) is 15.0. The van der Waals surface area contributed by atoms with Gasteiger partial charge in [0.15, 0.2) is 0 Å². The lowest BCUT2D eigenvalue weighted by molar-refractivity contribution is -0.118. The fourth-order valence-corrected chi connectivity index (χ4v) is 2.12. The molecule has 1 aliphatic heterocycles. The zero-order valence-electron chi connectivity index (χ0n) is 11.0. The van der Waals surface area contributed by atoms with Crippen molar-refractivity contribution in [3.05, 3.63) is 29.3 Å². The highest BCUT2D eigenvalue weighted by Crippen LogP contribution is 2.15. The van der Waals surface area contributed by atoms with E-state index >= 15 is 0 Å². The maximum Gasteiger partial charge on any atom is 0.241 e. The van der Waals surface area contributed by atoms with E-state index in [1.54, 1.807) is 0 Å². The van der Waals surface area contributed by atoms with Crippen LogP contribution in [-0.4, -0.2) is 18.5 Å². The van der Waals surface area contributed by atoms with Crippen LogP contribution in [0.15, 0.2) is 18.2 Å². The van der Waals surface area contributed by atoms with Crippen molar-refractivity contribution in [1.82, 2.24) is 5.32 Å². The van der Waals surface area contributed by atoms with E-state index in [0.717, 1.165) is 25.1 Å². The van der Waals surface area contributed by atoms with Crippen molar-refractivity contribution in [1.29, 1.82) is 0 Å². The van der Waals surface area contributed by atoms with Crippen LogP contribution in [0.2, 0.25) is 0 Å². The lowest BCUT2D eigenvalue weighted by Crippen LogP contribution is -2.43. The maximum atomic E-state index is 12.0. The molecule has 18 heavy (non-hydrogen) atoms. The summed E-state index contributed by atoms with van der Waals surface area (Å²) in [5.41, 5.74) is 3.35. The van der Waals surface area contributed by atoms with Gasteiger partial charge >= 0.3 is 0 Å². The molecule has 3 nitrogen and oxygen atoms in total. The molecule has 2 N–H and O–H groups in total. The molecule has 1 heterocycles. The Morgan fingerprint density at radius 2 is 2.06 bits per heavy atom. The van der Waals surface area contributed by atoms with Crippen LogP contribution in [0, 0.1) is 13.8 Å². The minimum absolute atomic E-state index is 0. The van der Waals surface area contributed by atoms with Crippen molar-refractivity contribution in [3.8, 4) is 0 Å². The van der Waals surface area contributed by atoms with E-state index in [-0.39, 0.29) is 24.4 Å². The fraction of sp³-hybridized carbons (Fsp3) is 0.500. The van der Waals surface area contributed by atoms with Gasteiger partial charge in [0.25, 0.3) is 0 Å². The van der Waals surface area contributed by atoms with Crippen molar-refractivity contribution in [2.75, 3.05) is 11.9 Å². The number of aryl methyl sites for hydroxylation is 2. The zero-order chi connectivity index (χ0) is 12.3. The van der Waals surface area contributed by atoms with E-state index < -0.39 is 0 Å². The second-order valence-electron chi connectivity index (χ2n) is 4.79. The Morgan fingerprint density at radius 1 is 1.28 bits per heavy atom. The summed E-state index contributed by atoms with van der Waals surface area (Å²) in [6.45, 7) is 5.08. The van der Waals surface area contributed by atoms with Crippen LogP contribution in [0.3, 0.4) is 0 Å². The first-order valence-electron chi connectivity index (χ1n) is 6.28. The van der Waals surface area contributed by atoms with Gasteiger partial charge in [-0.1, -0.05) is 12.5 Å². The molecule has 2 rings (SSSR count). The number of benzene rings is 1. The van der Waals surface area contributed by atoms with Crippen LogP contribution >= 0.6 is 12.4 Å². The van der Waals surface area contributed by atoms with Gasteiger partial charge in [-0.15, -0.1) is 12.4 Å². The second-order valence-corrected chi connectivity index (χ2v) is 4.79. The van der Waals surface area contributed by atoms with Crippen LogP contribution in [0.1, 0.15) is 30.4 Å². The van der Waals surface area contributed by atoms with E-state index in [1.165, 1.54) is 17.5 Å². The van der Waals surface area contributed by atoms with E-state index in [4.69, 9.17) is 0 Å². The summed E-state index contributed by atoms with van der Waals surface area (Å²) in [4.78, 5) is 12.0. The molecule has 1 aliphatic rings. The quantitative estimate of drug-likeness (QED) is 0.866. The standard InChI is InChI=1S/C14H20N2O.ClH/c1-10-6-7-12(9-11(10)2)16-14(17)13-5-3-4-8-15-13;/h6-7,9,13,15H,3-5,8H2,1-2H3,(H,16,17);1H/t13-;/m0./s1. The molecule has 1 fully saturated rings. The van der Waals surface area contributed by atoms with Crippen molar-refractivity contribution < 1.29 is 4.79 Å². The largest absolute Gasteiger partial charge is 0.325 e. The van der Waals surface area contributed by atoms with E-state index in [2.05, 4.69) is 24.5 Å². The molecule has 0 saturated carbocycles. The number of hydrogen-bond donors (Lipinski definition) is 2. The Kier molecular flexibility index (Phi) is 5.63. The Bertz CT molecular complexity index is 414. The van der Waals surface area contributed by atoms with Crippen molar-refractivity contribution in [3.63, 3.8) is 0 Å². The molecular formula is C14H21ClN2O. The monoisotopic (exact) mass is 268 g/mol. The summed E-state index contributed by atoms with van der Waals surface area (Å²) in [7, 11) is 0. The lowest BCUT2D eigenvalue weighted by Gasteiger charge is -2.22. The first-order chi connectivity index (χ1) is 8.16. The summed E-state index contributed by atoms with van der Waals surface area (Å²) in [6, 6.07) is 6.00. The number of anilines is 1. The topological polar surface area (TPSA) is 41.1 Å². The molecule has 1 atom stereocenters. The number of piperidine rings is 1. The number of carbonyl (C=O) groups excluding carboxylic acids is 1. The minimum atomic E-state index is -0.0228. The number of amides is 1. The highest BCUT2D eigenvalue weighted by Gasteiger charge is 2.20. The third kappa shape index (κ3) is 3.72. The molecule has 0 aliphatic carbocycles. The van der Waals surface area contributed by atoms with Crippen LogP contribution in [0.5, 0.6) is 0 Å². The number of hydrogen-bond acceptors (Lipinski definition) is 2. The first-order valence-corrected chi connectivity index (χ1v) is 6.28. The molecule has 1 saturated heterocycles. The van der Waals surface area contributed by atoms with Gasteiger partial charge in [-0.2, -0.15) is 0 Å². The average molecular weight is 269 g/mol. The lowest BCUT2D eigenvalue weighted by atomic mass is 10.0. The molecule has 4 heteroatoms. The predicted molar refractivity (Wildman–Crippen MR) is 77.4 cm³/mol. The smallest absolute Gasteiger partial charge is 0.241 e. The van der Waals surface area contributed by atoms with Gasteiger partial charge in [0.1, 0.15) is 0 Å². The zero-order valence-corrected chi connectivity index (χ0v) is 11.8. The number of halogens is 1. The Labute approximate surface area is 115 Å². The SMILES string of the molecule is Cc1ccc(NC(=O)[C@@H]2CCCCN2)cc1C.Cl. The molecule has 0 spiro atoms. The van der Waals surface area contributed by atoms with Gasteiger partial charge in [0, 0.05) is 5.69 Å². The molecule has 0 aromatic heterocycles. The number of carbonyl (C=O) groups is 1. The summed E-state index contributed by atoms with van der Waals surface area (Å²) >= 11 is 0. The fourth-order valence-electron chi connectivity index (χ4n) is 2.12. The Morgan fingerprint density at radius 3 is 2.67 bits per heavy atom. The molecule has 0 radical (unpaired) electrons. The van der Waals surface area contributed by atoms with E-state index in [9.17, 15) is 4.79 Å². The molecule has 100 valence electrons. The molecule has 1 aromatic rings. The third-order valence-electron chi connectivity index (χ3n) is 3.40. The average Bonchev–Trinajstić information content (AvgIpc) is 2.35. The van der Waals surface area contributed by atoms with E-state index in [1.807, 2.05) is 18.2 Å². The van der Waals surface area contributed by atoms with Crippen molar-refractivity contribution in [2.24, 2.45) is 0 Å². The molecule has 0 bridgehead atoms. The maximum absolute atomic E-state index is 12.0. The molecular weight excluding hydrogens is 248 g/mol. The minimum Gasteiger partial charge on any atom is -0.325 e. The third-order valence-corrected chi connectivity index (χ3v) is 3.40. The van der Waals surface area contributed by atoms with Gasteiger partial charge < -0.3 is 10.6 Å². The number of nitrogens with one attached hydrogen (secondary N) is 2. The summed E-state index contributed by atoms with van der Waals surface area (Å²) < 4.78 is 0. The van der Waals surface area contributed by atoms with Crippen molar-refractivity contribution in [2.45, 2.75) is 39.2 Å². The van der Waals surface area contributed by atoms with Gasteiger partial charge in [-0.05, 0) is 56.5 Å². The van der Waals surface area contributed by atoms with Crippen LogP contribution in [0.25, 0.3) is 0 Å². The van der Waals surface area contributed by atoms with Gasteiger partial charge in [0.05, 0.1) is 6.04 Å². The highest BCUT2D eigenvalue weighted by atomic mass is 35.5. The molecule has 1 aromatic carbocycles. The van der Waals surface area contributed by atoms with Gasteiger partial charge in [-0.3, -0.25) is 4.79 Å². The van der Waals surface area contributed by atoms with Gasteiger partial charge in [0.2, 0.25) is 5.91 Å². The Hall–Kier alpha value is -1.06. The van der Waals surface area contributed by atoms with Crippen LogP contribution in [-0.2, 0) is 4.79 Å². The number of rotatable bonds is 2. The normalized spacial score (nSPS) is 18.9. The predicted octanol–water partition coefficient (Wildman–Crippen LogP) is 2.81. The van der Waals surface area contributed by atoms with Crippen LogP contribution < -0.4 is 10.6 Å². The molecule has 1 amide bonds. The van der Waals surface area contributed by atoms with E-state index in [0.29, 0.717) is 0 Å². The summed E-state index contributed by atoms with van der Waals surface area (Å²) in [5, 5.41) is 6.23. The highest BCUT2D eigenvalue weighted by molar-refractivity contribution is 5.95. The summed E-state index contributed by atoms with van der Waals surface area (Å²) in [6.07, 6.45) is 3.25. The van der Waals surface area contributed by atoms with Gasteiger partial charge in [-0.25, -0.2) is 0 Å². The Balaban J connectivity index is 0.00000162. The second kappa shape index (κ2) is 6.76. The molecule has 0 unspecified atom stereocenters.